The molecule has 94 valence electrons. The van der Waals surface area contributed by atoms with E-state index in [0.29, 0.717) is 16.6 Å². The van der Waals surface area contributed by atoms with Gasteiger partial charge >= 0.3 is 0 Å². The molecule has 0 aliphatic heterocycles. The predicted octanol–water partition coefficient (Wildman–Crippen LogP) is 3.14. The summed E-state index contributed by atoms with van der Waals surface area (Å²) in [5, 5.41) is 10.2. The van der Waals surface area contributed by atoms with Crippen molar-refractivity contribution < 1.29 is 0 Å². The topological polar surface area (TPSA) is 62.7 Å². The molecule has 4 aliphatic rings. The van der Waals surface area contributed by atoms with Gasteiger partial charge in [-0.2, -0.15) is 5.26 Å². The number of thiazole rings is 1. The van der Waals surface area contributed by atoms with Crippen LogP contribution >= 0.6 is 11.3 Å². The molecule has 1 aromatic heterocycles. The third kappa shape index (κ3) is 1.43. The Bertz CT molecular complexity index is 500. The lowest BCUT2D eigenvalue weighted by Crippen LogP contribution is -2.43. The van der Waals surface area contributed by atoms with Gasteiger partial charge in [-0.3, -0.25) is 0 Å². The Kier molecular flexibility index (Phi) is 2.23. The number of hydrogen-bond acceptors (Lipinski definition) is 4. The van der Waals surface area contributed by atoms with Gasteiger partial charge in [0.2, 0.25) is 0 Å². The van der Waals surface area contributed by atoms with Gasteiger partial charge in [-0.15, -0.1) is 11.3 Å². The van der Waals surface area contributed by atoms with Crippen LogP contribution in [-0.2, 0) is 0 Å². The van der Waals surface area contributed by atoms with Crippen molar-refractivity contribution in [1.29, 1.82) is 5.26 Å². The monoisotopic (exact) mass is 259 g/mol. The summed E-state index contributed by atoms with van der Waals surface area (Å²) in [6, 6.07) is 2.17. The molecule has 4 fully saturated rings. The van der Waals surface area contributed by atoms with Gasteiger partial charge in [-0.1, -0.05) is 0 Å². The zero-order chi connectivity index (χ0) is 12.3. The molecule has 1 aromatic rings. The Morgan fingerprint density at radius 3 is 2.22 bits per heavy atom. The molecule has 1 heterocycles. The van der Waals surface area contributed by atoms with E-state index in [4.69, 9.17) is 11.0 Å². The normalized spacial score (nSPS) is 40.9. The van der Waals surface area contributed by atoms with Crippen LogP contribution in [0.4, 0.5) is 5.82 Å². The van der Waals surface area contributed by atoms with E-state index in [9.17, 15) is 0 Å². The van der Waals surface area contributed by atoms with E-state index >= 15 is 0 Å². The smallest absolute Gasteiger partial charge is 0.152 e. The van der Waals surface area contributed by atoms with E-state index in [1.54, 1.807) is 11.3 Å². The van der Waals surface area contributed by atoms with Gasteiger partial charge in [0.1, 0.15) is 16.0 Å². The fraction of sp³-hybridized carbons (Fsp3) is 0.714. The summed E-state index contributed by atoms with van der Waals surface area (Å²) in [7, 11) is 0. The predicted molar refractivity (Wildman–Crippen MR) is 71.0 cm³/mol. The second-order valence-electron chi connectivity index (χ2n) is 6.33. The molecule has 0 amide bonds. The highest BCUT2D eigenvalue weighted by Gasteiger charge is 2.49. The highest BCUT2D eigenvalue weighted by atomic mass is 32.1. The lowest BCUT2D eigenvalue weighted by Gasteiger charge is -2.53. The molecule has 0 atom stereocenters. The van der Waals surface area contributed by atoms with E-state index < -0.39 is 0 Å². The maximum absolute atomic E-state index is 9.02. The van der Waals surface area contributed by atoms with Crippen LogP contribution in [0.25, 0.3) is 0 Å². The van der Waals surface area contributed by atoms with Gasteiger partial charge in [-0.25, -0.2) is 4.98 Å². The molecule has 5 rings (SSSR count). The number of aromatic nitrogens is 1. The summed E-state index contributed by atoms with van der Waals surface area (Å²) in [6.07, 6.45) is 7.03. The van der Waals surface area contributed by atoms with Crippen LogP contribution < -0.4 is 5.73 Å². The molecule has 4 heteroatoms. The quantitative estimate of drug-likeness (QED) is 0.842. The Morgan fingerprint density at radius 1 is 1.11 bits per heavy atom. The fourth-order valence-corrected chi connectivity index (χ4v) is 5.97. The number of nitrogens with two attached hydrogens (primary N) is 1. The molecule has 4 aliphatic carbocycles. The first-order valence-electron chi connectivity index (χ1n) is 6.91. The van der Waals surface area contributed by atoms with Crippen LogP contribution in [0.15, 0.2) is 0 Å². The average Bonchev–Trinajstić information content (AvgIpc) is 2.69. The van der Waals surface area contributed by atoms with Crippen LogP contribution in [0.1, 0.15) is 47.9 Å². The number of anilines is 1. The van der Waals surface area contributed by atoms with Crippen LogP contribution in [0.2, 0.25) is 0 Å². The summed E-state index contributed by atoms with van der Waals surface area (Å²) in [5.41, 5.74) is 5.82. The molecule has 4 saturated carbocycles. The summed E-state index contributed by atoms with van der Waals surface area (Å²) in [5.74, 6) is 4.66. The molecule has 0 radical (unpaired) electrons. The second-order valence-corrected chi connectivity index (χ2v) is 7.37. The van der Waals surface area contributed by atoms with Crippen LogP contribution in [0.3, 0.4) is 0 Å². The minimum atomic E-state index is 0.450. The molecule has 3 nitrogen and oxygen atoms in total. The van der Waals surface area contributed by atoms with Gasteiger partial charge in [0.25, 0.3) is 0 Å². The van der Waals surface area contributed by atoms with Gasteiger partial charge in [0.05, 0.1) is 0 Å². The van der Waals surface area contributed by atoms with Crippen molar-refractivity contribution in [3.63, 3.8) is 0 Å². The molecule has 0 aromatic carbocycles. The van der Waals surface area contributed by atoms with E-state index in [-0.39, 0.29) is 0 Å². The first-order chi connectivity index (χ1) is 8.74. The molecule has 0 spiro atoms. The SMILES string of the molecule is N#Cc1sc(C2C3CC4CC(C3)CC2C4)nc1N. The molecule has 2 N–H and O–H groups in total. The molecular formula is C14H17N3S. The Hall–Kier alpha value is -1.08. The van der Waals surface area contributed by atoms with E-state index in [2.05, 4.69) is 11.1 Å². The van der Waals surface area contributed by atoms with E-state index in [1.165, 1.54) is 32.1 Å². The summed E-state index contributed by atoms with van der Waals surface area (Å²) in [6.45, 7) is 0. The lowest BCUT2D eigenvalue weighted by molar-refractivity contribution is -0.00280. The zero-order valence-electron chi connectivity index (χ0n) is 10.3. The second kappa shape index (κ2) is 3.71. The standard InChI is InChI=1S/C14H17N3S/c15-6-11-13(16)17-14(18-11)12-9-2-7-1-8(4-9)5-10(12)3-7/h7-10,12H,1-5,16H2. The van der Waals surface area contributed by atoms with Crippen molar-refractivity contribution >= 4 is 17.2 Å². The average molecular weight is 259 g/mol. The lowest BCUT2D eigenvalue weighted by atomic mass is 9.52. The third-order valence-corrected chi connectivity index (χ3v) is 6.36. The minimum Gasteiger partial charge on any atom is -0.382 e. The van der Waals surface area contributed by atoms with Crippen molar-refractivity contribution in [3.8, 4) is 6.07 Å². The molecular weight excluding hydrogens is 242 g/mol. The van der Waals surface area contributed by atoms with Crippen LogP contribution in [-0.4, -0.2) is 4.98 Å². The number of hydrogen-bond donors (Lipinski definition) is 1. The van der Waals surface area contributed by atoms with Crippen molar-refractivity contribution in [2.75, 3.05) is 5.73 Å². The number of rotatable bonds is 1. The van der Waals surface area contributed by atoms with Crippen LogP contribution in [0.5, 0.6) is 0 Å². The molecule has 0 unspecified atom stereocenters. The highest BCUT2D eigenvalue weighted by molar-refractivity contribution is 7.12. The maximum Gasteiger partial charge on any atom is 0.152 e. The number of nitrogen functional groups attached to an aromatic ring is 1. The molecule has 18 heavy (non-hydrogen) atoms. The molecule has 4 bridgehead atoms. The van der Waals surface area contributed by atoms with Crippen molar-refractivity contribution in [1.82, 2.24) is 4.98 Å². The van der Waals surface area contributed by atoms with Gasteiger partial charge < -0.3 is 5.73 Å². The van der Waals surface area contributed by atoms with Crippen molar-refractivity contribution in [2.45, 2.75) is 38.0 Å². The highest BCUT2D eigenvalue weighted by Crippen LogP contribution is 2.60. The fourth-order valence-electron chi connectivity index (χ4n) is 4.90. The first-order valence-corrected chi connectivity index (χ1v) is 7.72. The van der Waals surface area contributed by atoms with Crippen molar-refractivity contribution in [2.24, 2.45) is 23.7 Å². The third-order valence-electron chi connectivity index (χ3n) is 5.28. The maximum atomic E-state index is 9.02. The van der Waals surface area contributed by atoms with Crippen LogP contribution in [0, 0.1) is 35.0 Å². The van der Waals surface area contributed by atoms with Gasteiger partial charge in [-0.05, 0) is 55.8 Å². The summed E-state index contributed by atoms with van der Waals surface area (Å²) >= 11 is 1.54. The van der Waals surface area contributed by atoms with E-state index in [0.717, 1.165) is 28.7 Å². The largest absolute Gasteiger partial charge is 0.382 e. The first kappa shape index (κ1) is 10.8. The minimum absolute atomic E-state index is 0.450. The van der Waals surface area contributed by atoms with Gasteiger partial charge in [0.15, 0.2) is 5.82 Å². The van der Waals surface area contributed by atoms with Crippen molar-refractivity contribution in [3.05, 3.63) is 9.88 Å². The number of nitrogens with zero attached hydrogens (tertiary/aromatic N) is 2. The summed E-state index contributed by atoms with van der Waals surface area (Å²) in [4.78, 5) is 5.11. The van der Waals surface area contributed by atoms with Gasteiger partial charge in [0, 0.05) is 5.92 Å². The zero-order valence-corrected chi connectivity index (χ0v) is 11.1. The number of nitriles is 1. The molecule has 0 saturated heterocycles. The Labute approximate surface area is 111 Å². The van der Waals surface area contributed by atoms with E-state index in [1.807, 2.05) is 0 Å². The Balaban J connectivity index is 1.70. The Morgan fingerprint density at radius 2 is 1.72 bits per heavy atom. The summed E-state index contributed by atoms with van der Waals surface area (Å²) < 4.78 is 0.